The molecule has 0 amide bonds. The summed E-state index contributed by atoms with van der Waals surface area (Å²) in [6.45, 7) is 4.32. The molecule has 1 fully saturated rings. The molecule has 0 spiro atoms. The van der Waals surface area contributed by atoms with Crippen molar-refractivity contribution in [1.29, 1.82) is 0 Å². The first-order chi connectivity index (χ1) is 8.66. The van der Waals surface area contributed by atoms with Gasteiger partial charge in [0, 0.05) is 19.3 Å². The van der Waals surface area contributed by atoms with Gasteiger partial charge >= 0.3 is 0 Å². The van der Waals surface area contributed by atoms with Crippen molar-refractivity contribution in [2.45, 2.75) is 25.8 Å². The first-order valence-electron chi connectivity index (χ1n) is 6.42. The van der Waals surface area contributed by atoms with E-state index in [-0.39, 0.29) is 6.04 Å². The molecule has 1 aromatic rings. The van der Waals surface area contributed by atoms with Crippen LogP contribution in [0.4, 0.5) is 0 Å². The zero-order chi connectivity index (χ0) is 13.0. The van der Waals surface area contributed by atoms with Crippen molar-refractivity contribution >= 4 is 11.6 Å². The fourth-order valence-electron chi connectivity index (χ4n) is 2.04. The van der Waals surface area contributed by atoms with Crippen LogP contribution >= 0.6 is 11.6 Å². The molecule has 0 aliphatic carbocycles. The molecule has 1 heterocycles. The molecule has 0 radical (unpaired) electrons. The zero-order valence-electron chi connectivity index (χ0n) is 10.7. The second-order valence-electron chi connectivity index (χ2n) is 4.85. The summed E-state index contributed by atoms with van der Waals surface area (Å²) >= 11 is 6.19. The highest BCUT2D eigenvalue weighted by molar-refractivity contribution is 6.32. The van der Waals surface area contributed by atoms with Crippen molar-refractivity contribution < 1.29 is 9.47 Å². The van der Waals surface area contributed by atoms with Crippen molar-refractivity contribution in [3.05, 3.63) is 28.8 Å². The molecule has 1 aromatic carbocycles. The number of hydrogen-bond donors (Lipinski definition) is 1. The van der Waals surface area contributed by atoms with Gasteiger partial charge in [0.2, 0.25) is 0 Å². The monoisotopic (exact) mass is 269 g/mol. The molecule has 1 atom stereocenters. The molecule has 0 bridgehead atoms. The van der Waals surface area contributed by atoms with Crippen LogP contribution in [0.25, 0.3) is 0 Å². The van der Waals surface area contributed by atoms with Crippen LogP contribution in [-0.4, -0.2) is 19.8 Å². The first-order valence-corrected chi connectivity index (χ1v) is 6.80. The average Bonchev–Trinajstić information content (AvgIpc) is 2.38. The van der Waals surface area contributed by atoms with Crippen molar-refractivity contribution in [2.24, 2.45) is 11.7 Å². The third kappa shape index (κ3) is 3.61. The maximum atomic E-state index is 6.19. The van der Waals surface area contributed by atoms with Gasteiger partial charge in [0.1, 0.15) is 5.75 Å². The molecule has 4 heteroatoms. The van der Waals surface area contributed by atoms with Gasteiger partial charge in [0.25, 0.3) is 0 Å². The predicted molar refractivity (Wildman–Crippen MR) is 73.1 cm³/mol. The van der Waals surface area contributed by atoms with E-state index in [0.29, 0.717) is 17.5 Å². The van der Waals surface area contributed by atoms with E-state index in [0.717, 1.165) is 37.4 Å². The summed E-state index contributed by atoms with van der Waals surface area (Å²) in [4.78, 5) is 0. The minimum Gasteiger partial charge on any atom is -0.492 e. The molecule has 1 aliphatic heterocycles. The van der Waals surface area contributed by atoms with Gasteiger partial charge in [-0.3, -0.25) is 0 Å². The molecule has 1 aliphatic rings. The molecule has 2 N–H and O–H groups in total. The number of halogens is 1. The number of benzene rings is 1. The lowest BCUT2D eigenvalue weighted by Gasteiger charge is -2.22. The lowest BCUT2D eigenvalue weighted by molar-refractivity contribution is 0.0498. The molecular weight excluding hydrogens is 250 g/mol. The summed E-state index contributed by atoms with van der Waals surface area (Å²) in [6.07, 6.45) is 2.13. The van der Waals surface area contributed by atoms with Crippen LogP contribution in [0.2, 0.25) is 5.02 Å². The Balaban J connectivity index is 1.92. The molecule has 1 saturated heterocycles. The van der Waals surface area contributed by atoms with Crippen LogP contribution in [0.1, 0.15) is 31.4 Å². The minimum absolute atomic E-state index is 0.00737. The first kappa shape index (κ1) is 13.7. The van der Waals surface area contributed by atoms with Gasteiger partial charge in [0.05, 0.1) is 11.6 Å². The maximum absolute atomic E-state index is 6.19. The molecule has 100 valence electrons. The molecule has 3 nitrogen and oxygen atoms in total. The summed E-state index contributed by atoms with van der Waals surface area (Å²) in [5.41, 5.74) is 6.84. The van der Waals surface area contributed by atoms with E-state index < -0.39 is 0 Å². The summed E-state index contributed by atoms with van der Waals surface area (Å²) in [5.74, 6) is 1.32. The van der Waals surface area contributed by atoms with E-state index in [1.807, 2.05) is 25.1 Å². The van der Waals surface area contributed by atoms with Crippen LogP contribution in [0.5, 0.6) is 5.75 Å². The maximum Gasteiger partial charge on any atom is 0.137 e. The summed E-state index contributed by atoms with van der Waals surface area (Å²) in [5, 5.41) is 0.636. The van der Waals surface area contributed by atoms with Gasteiger partial charge < -0.3 is 15.2 Å². The summed E-state index contributed by atoms with van der Waals surface area (Å²) < 4.78 is 11.1. The second kappa shape index (κ2) is 6.41. The highest BCUT2D eigenvalue weighted by atomic mass is 35.5. The predicted octanol–water partition coefficient (Wildman–Crippen LogP) is 3.17. The Morgan fingerprint density at radius 1 is 1.44 bits per heavy atom. The summed E-state index contributed by atoms with van der Waals surface area (Å²) in [6, 6.07) is 5.74. The fraction of sp³-hybridized carbons (Fsp3) is 0.571. The molecule has 0 saturated carbocycles. The molecule has 2 rings (SSSR count). The van der Waals surface area contributed by atoms with E-state index in [1.54, 1.807) is 0 Å². The summed E-state index contributed by atoms with van der Waals surface area (Å²) in [7, 11) is 0. The van der Waals surface area contributed by atoms with E-state index in [1.165, 1.54) is 0 Å². The number of rotatable bonds is 4. The van der Waals surface area contributed by atoms with Gasteiger partial charge in [-0.05, 0) is 43.4 Å². The lowest BCUT2D eigenvalue weighted by Crippen LogP contribution is -2.21. The number of hydrogen-bond acceptors (Lipinski definition) is 3. The van der Waals surface area contributed by atoms with Gasteiger partial charge in [-0.2, -0.15) is 0 Å². The van der Waals surface area contributed by atoms with Crippen molar-refractivity contribution in [3.8, 4) is 5.75 Å². The second-order valence-corrected chi connectivity index (χ2v) is 5.25. The van der Waals surface area contributed by atoms with E-state index in [9.17, 15) is 0 Å². The van der Waals surface area contributed by atoms with Gasteiger partial charge in [-0.25, -0.2) is 0 Å². The SMILES string of the molecule is C[C@@H](N)c1ccc(OCC2CCOCC2)c(Cl)c1. The third-order valence-corrected chi connectivity index (χ3v) is 3.59. The Hall–Kier alpha value is -0.770. The van der Waals surface area contributed by atoms with Crippen molar-refractivity contribution in [2.75, 3.05) is 19.8 Å². The van der Waals surface area contributed by atoms with Gasteiger partial charge in [-0.1, -0.05) is 17.7 Å². The van der Waals surface area contributed by atoms with Gasteiger partial charge in [-0.15, -0.1) is 0 Å². The van der Waals surface area contributed by atoms with Crippen LogP contribution in [0.3, 0.4) is 0 Å². The molecule has 18 heavy (non-hydrogen) atoms. The smallest absolute Gasteiger partial charge is 0.137 e. The Labute approximate surface area is 113 Å². The Bertz CT molecular complexity index is 389. The Morgan fingerprint density at radius 2 is 2.17 bits per heavy atom. The third-order valence-electron chi connectivity index (χ3n) is 3.30. The van der Waals surface area contributed by atoms with E-state index >= 15 is 0 Å². The Kier molecular flexibility index (Phi) is 4.87. The van der Waals surface area contributed by atoms with Crippen LogP contribution in [-0.2, 0) is 4.74 Å². The highest BCUT2D eigenvalue weighted by Gasteiger charge is 2.15. The van der Waals surface area contributed by atoms with Crippen LogP contribution in [0.15, 0.2) is 18.2 Å². The fourth-order valence-corrected chi connectivity index (χ4v) is 2.28. The van der Waals surface area contributed by atoms with Gasteiger partial charge in [0.15, 0.2) is 0 Å². The standard InChI is InChI=1S/C14H20ClNO2/c1-10(16)12-2-3-14(13(15)8-12)18-9-11-4-6-17-7-5-11/h2-3,8,10-11H,4-7,9,16H2,1H3/t10-/m1/s1. The van der Waals surface area contributed by atoms with Crippen LogP contribution in [0, 0.1) is 5.92 Å². The number of nitrogens with two attached hydrogens (primary N) is 1. The minimum atomic E-state index is -0.00737. The molecule has 0 unspecified atom stereocenters. The van der Waals surface area contributed by atoms with E-state index in [4.69, 9.17) is 26.8 Å². The molecular formula is C14H20ClNO2. The lowest BCUT2D eigenvalue weighted by atomic mass is 10.0. The van der Waals surface area contributed by atoms with Crippen molar-refractivity contribution in [3.63, 3.8) is 0 Å². The zero-order valence-corrected chi connectivity index (χ0v) is 11.5. The normalized spacial score (nSPS) is 18.6. The topological polar surface area (TPSA) is 44.5 Å². The number of ether oxygens (including phenoxy) is 2. The average molecular weight is 270 g/mol. The quantitative estimate of drug-likeness (QED) is 0.913. The molecule has 0 aromatic heterocycles. The Morgan fingerprint density at radius 3 is 2.78 bits per heavy atom. The highest BCUT2D eigenvalue weighted by Crippen LogP contribution is 2.28. The van der Waals surface area contributed by atoms with Crippen LogP contribution < -0.4 is 10.5 Å². The van der Waals surface area contributed by atoms with E-state index in [2.05, 4.69) is 0 Å². The largest absolute Gasteiger partial charge is 0.492 e. The van der Waals surface area contributed by atoms with Crippen molar-refractivity contribution in [1.82, 2.24) is 0 Å².